The minimum Gasteiger partial charge on any atom is -0.381 e. The van der Waals surface area contributed by atoms with E-state index in [4.69, 9.17) is 4.74 Å². The van der Waals surface area contributed by atoms with Crippen molar-refractivity contribution in [2.75, 3.05) is 25.1 Å². The smallest absolute Gasteiger partial charge is 0.381 e. The lowest BCUT2D eigenvalue weighted by molar-refractivity contribution is -0.137. The average Bonchev–Trinajstić information content (AvgIpc) is 2.45. The Morgan fingerprint density at radius 1 is 1.24 bits per heavy atom. The molecule has 21 heavy (non-hydrogen) atoms. The number of halogens is 3. The number of rotatable bonds is 4. The maximum Gasteiger partial charge on any atom is 0.418 e. The van der Waals surface area contributed by atoms with Crippen molar-refractivity contribution in [3.8, 4) is 0 Å². The molecule has 0 saturated carbocycles. The van der Waals surface area contributed by atoms with Gasteiger partial charge in [-0.15, -0.1) is 0 Å². The van der Waals surface area contributed by atoms with Gasteiger partial charge in [-0.25, -0.2) is 0 Å². The van der Waals surface area contributed by atoms with Crippen LogP contribution >= 0.6 is 0 Å². The Balaban J connectivity index is 1.89. The van der Waals surface area contributed by atoms with E-state index in [0.29, 0.717) is 13.2 Å². The highest BCUT2D eigenvalue weighted by atomic mass is 19.4. The zero-order valence-corrected chi connectivity index (χ0v) is 11.4. The number of para-hydroxylation sites is 1. The summed E-state index contributed by atoms with van der Waals surface area (Å²) < 4.78 is 43.5. The molecule has 0 radical (unpaired) electrons. The molecule has 0 atom stereocenters. The predicted molar refractivity (Wildman–Crippen MR) is 71.9 cm³/mol. The van der Waals surface area contributed by atoms with Crippen LogP contribution in [0.2, 0.25) is 0 Å². The molecule has 1 aromatic carbocycles. The number of carbonyl (C=O) groups is 1. The van der Waals surface area contributed by atoms with E-state index < -0.39 is 11.7 Å². The molecule has 1 aliphatic rings. The van der Waals surface area contributed by atoms with E-state index in [9.17, 15) is 18.0 Å². The van der Waals surface area contributed by atoms with E-state index in [1.807, 2.05) is 0 Å². The second-order valence-electron chi connectivity index (χ2n) is 4.85. The van der Waals surface area contributed by atoms with Crippen molar-refractivity contribution < 1.29 is 22.7 Å². The zero-order valence-electron chi connectivity index (χ0n) is 11.4. The predicted octanol–water partition coefficient (Wildman–Crippen LogP) is 2.41. The van der Waals surface area contributed by atoms with Gasteiger partial charge in [-0.2, -0.15) is 13.2 Å². The molecular formula is C14H17F3N2O2. The minimum absolute atomic E-state index is 0.0332. The lowest BCUT2D eigenvalue weighted by Crippen LogP contribution is -2.41. The molecule has 2 rings (SSSR count). The standard InChI is InChI=1S/C14H17F3N2O2/c15-14(16,17)11-3-1-2-4-12(11)18-9-13(20)19-10-5-7-21-8-6-10/h1-4,10,18H,5-9H2,(H,19,20). The van der Waals surface area contributed by atoms with E-state index >= 15 is 0 Å². The van der Waals surface area contributed by atoms with Crippen molar-refractivity contribution in [1.29, 1.82) is 0 Å². The van der Waals surface area contributed by atoms with Crippen LogP contribution in [0.25, 0.3) is 0 Å². The summed E-state index contributed by atoms with van der Waals surface area (Å²) in [6.07, 6.45) is -2.99. The van der Waals surface area contributed by atoms with Gasteiger partial charge < -0.3 is 15.4 Å². The Morgan fingerprint density at radius 3 is 2.57 bits per heavy atom. The number of amides is 1. The molecule has 1 aromatic rings. The van der Waals surface area contributed by atoms with Gasteiger partial charge in [-0.05, 0) is 25.0 Å². The summed E-state index contributed by atoms with van der Waals surface area (Å²) in [5.74, 6) is -0.320. The summed E-state index contributed by atoms with van der Waals surface area (Å²) in [6, 6.07) is 5.14. The van der Waals surface area contributed by atoms with Crippen molar-refractivity contribution in [2.45, 2.75) is 25.1 Å². The second kappa shape index (κ2) is 6.80. The Kier molecular flexibility index (Phi) is 5.06. The molecule has 1 saturated heterocycles. The molecular weight excluding hydrogens is 285 g/mol. The van der Waals surface area contributed by atoms with Gasteiger partial charge in [0.1, 0.15) is 0 Å². The van der Waals surface area contributed by atoms with Crippen molar-refractivity contribution >= 4 is 11.6 Å². The Labute approximate surface area is 120 Å². The summed E-state index contributed by atoms with van der Waals surface area (Å²) in [5.41, 5.74) is -0.865. The van der Waals surface area contributed by atoms with Gasteiger partial charge in [0.15, 0.2) is 0 Å². The Bertz CT molecular complexity index is 485. The van der Waals surface area contributed by atoms with Crippen LogP contribution in [0.5, 0.6) is 0 Å². The first-order chi connectivity index (χ1) is 9.97. The second-order valence-corrected chi connectivity index (χ2v) is 4.85. The number of ether oxygens (including phenoxy) is 1. The molecule has 4 nitrogen and oxygen atoms in total. The Hall–Kier alpha value is -1.76. The van der Waals surface area contributed by atoms with Crippen molar-refractivity contribution in [3.05, 3.63) is 29.8 Å². The van der Waals surface area contributed by atoms with Crippen LogP contribution in [0, 0.1) is 0 Å². The van der Waals surface area contributed by atoms with Crippen LogP contribution in [0.15, 0.2) is 24.3 Å². The number of hydrogen-bond acceptors (Lipinski definition) is 3. The third-order valence-electron chi connectivity index (χ3n) is 3.26. The lowest BCUT2D eigenvalue weighted by atomic mass is 10.1. The number of anilines is 1. The van der Waals surface area contributed by atoms with Gasteiger partial charge in [0.25, 0.3) is 0 Å². The maximum atomic E-state index is 12.8. The molecule has 1 aliphatic heterocycles. The van der Waals surface area contributed by atoms with E-state index in [1.54, 1.807) is 0 Å². The van der Waals surface area contributed by atoms with Gasteiger partial charge in [0.05, 0.1) is 12.1 Å². The molecule has 116 valence electrons. The molecule has 0 bridgehead atoms. The largest absolute Gasteiger partial charge is 0.418 e. The van der Waals surface area contributed by atoms with Crippen molar-refractivity contribution in [2.24, 2.45) is 0 Å². The number of benzene rings is 1. The van der Waals surface area contributed by atoms with Crippen LogP contribution in [0.3, 0.4) is 0 Å². The average molecular weight is 302 g/mol. The van der Waals surface area contributed by atoms with Crippen molar-refractivity contribution in [3.63, 3.8) is 0 Å². The first kappa shape index (κ1) is 15.6. The fourth-order valence-corrected chi connectivity index (χ4v) is 2.18. The van der Waals surface area contributed by atoms with Crippen molar-refractivity contribution in [1.82, 2.24) is 5.32 Å². The highest BCUT2D eigenvalue weighted by Gasteiger charge is 2.33. The van der Waals surface area contributed by atoms with Crippen LogP contribution in [0.4, 0.5) is 18.9 Å². The fourth-order valence-electron chi connectivity index (χ4n) is 2.18. The summed E-state index contributed by atoms with van der Waals surface area (Å²) in [4.78, 5) is 11.7. The van der Waals surface area contributed by atoms with Crippen LogP contribution in [-0.2, 0) is 15.7 Å². The molecule has 7 heteroatoms. The number of carbonyl (C=O) groups excluding carboxylic acids is 1. The molecule has 0 unspecified atom stereocenters. The maximum absolute atomic E-state index is 12.8. The quantitative estimate of drug-likeness (QED) is 0.898. The minimum atomic E-state index is -4.44. The third kappa shape index (κ3) is 4.63. The van der Waals surface area contributed by atoms with Gasteiger partial charge >= 0.3 is 6.18 Å². The molecule has 1 heterocycles. The summed E-state index contributed by atoms with van der Waals surface area (Å²) in [7, 11) is 0. The highest BCUT2D eigenvalue weighted by molar-refractivity contribution is 5.81. The Morgan fingerprint density at radius 2 is 1.90 bits per heavy atom. The fraction of sp³-hybridized carbons (Fsp3) is 0.500. The molecule has 1 fully saturated rings. The SMILES string of the molecule is O=C(CNc1ccccc1C(F)(F)F)NC1CCOCC1. The first-order valence-electron chi connectivity index (χ1n) is 6.74. The van der Waals surface area contributed by atoms with Gasteiger partial charge in [0, 0.05) is 24.9 Å². The molecule has 1 amide bonds. The van der Waals surface area contributed by atoms with Crippen LogP contribution < -0.4 is 10.6 Å². The van der Waals surface area contributed by atoms with Gasteiger partial charge in [-0.3, -0.25) is 4.79 Å². The molecule has 2 N–H and O–H groups in total. The van der Waals surface area contributed by atoms with Crippen LogP contribution in [0.1, 0.15) is 18.4 Å². The van der Waals surface area contributed by atoms with E-state index in [0.717, 1.165) is 18.9 Å². The van der Waals surface area contributed by atoms with Gasteiger partial charge in [0.2, 0.25) is 5.91 Å². The number of alkyl halides is 3. The van der Waals surface area contributed by atoms with Gasteiger partial charge in [-0.1, -0.05) is 12.1 Å². The summed E-state index contributed by atoms with van der Waals surface area (Å²) >= 11 is 0. The van der Waals surface area contributed by atoms with E-state index in [-0.39, 0.29) is 24.2 Å². The highest BCUT2D eigenvalue weighted by Crippen LogP contribution is 2.34. The summed E-state index contributed by atoms with van der Waals surface area (Å²) in [5, 5.41) is 5.33. The normalized spacial score (nSPS) is 16.5. The van der Waals surface area contributed by atoms with Crippen LogP contribution in [-0.4, -0.2) is 31.7 Å². The molecule has 0 aliphatic carbocycles. The summed E-state index contributed by atoms with van der Waals surface area (Å²) in [6.45, 7) is 0.995. The topological polar surface area (TPSA) is 50.4 Å². The molecule has 0 spiro atoms. The number of hydrogen-bond donors (Lipinski definition) is 2. The van der Waals surface area contributed by atoms with E-state index in [2.05, 4.69) is 10.6 Å². The monoisotopic (exact) mass is 302 g/mol. The first-order valence-corrected chi connectivity index (χ1v) is 6.74. The zero-order chi connectivity index (χ0) is 15.3. The van der Waals surface area contributed by atoms with E-state index in [1.165, 1.54) is 18.2 Å². The third-order valence-corrected chi connectivity index (χ3v) is 3.26. The number of nitrogens with one attached hydrogen (secondary N) is 2. The lowest BCUT2D eigenvalue weighted by Gasteiger charge is -2.23. The molecule has 0 aromatic heterocycles.